The Labute approximate surface area is 96.4 Å². The van der Waals surface area contributed by atoms with Gasteiger partial charge < -0.3 is 9.47 Å². The van der Waals surface area contributed by atoms with Crippen molar-refractivity contribution in [2.45, 2.75) is 33.8 Å². The van der Waals surface area contributed by atoms with Crippen LogP contribution in [0.2, 0.25) is 0 Å². The van der Waals surface area contributed by atoms with Crippen molar-refractivity contribution in [3.8, 4) is 5.75 Å². The average Bonchev–Trinajstić information content (AvgIpc) is 2.15. The molecule has 0 radical (unpaired) electrons. The molecule has 0 saturated heterocycles. The fraction of sp³-hybridized carbons (Fsp3) is 0.462. The number of rotatable bonds is 3. The van der Waals surface area contributed by atoms with E-state index >= 15 is 0 Å². The van der Waals surface area contributed by atoms with E-state index in [1.165, 1.54) is 0 Å². The quantitative estimate of drug-likeness (QED) is 0.738. The molecule has 88 valence electrons. The van der Waals surface area contributed by atoms with E-state index in [-0.39, 0.29) is 12.1 Å². The van der Waals surface area contributed by atoms with Crippen LogP contribution in [0.1, 0.15) is 35.3 Å². The van der Waals surface area contributed by atoms with Crippen LogP contribution in [-0.2, 0) is 4.74 Å². The van der Waals surface area contributed by atoms with Crippen LogP contribution in [0.15, 0.2) is 12.1 Å². The van der Waals surface area contributed by atoms with E-state index in [0.29, 0.717) is 5.56 Å². The fourth-order valence-electron chi connectivity index (χ4n) is 1.64. The fourth-order valence-corrected chi connectivity index (χ4v) is 1.64. The van der Waals surface area contributed by atoms with Crippen molar-refractivity contribution in [1.29, 1.82) is 0 Å². The van der Waals surface area contributed by atoms with Gasteiger partial charge in [0, 0.05) is 0 Å². The second kappa shape index (κ2) is 5.01. The average molecular weight is 222 g/mol. The van der Waals surface area contributed by atoms with Gasteiger partial charge in [-0.3, -0.25) is 0 Å². The summed E-state index contributed by atoms with van der Waals surface area (Å²) in [4.78, 5) is 11.8. The third-order valence-corrected chi connectivity index (χ3v) is 2.29. The molecular weight excluding hydrogens is 204 g/mol. The molecule has 0 saturated carbocycles. The number of carbonyl (C=O) groups excluding carboxylic acids is 1. The van der Waals surface area contributed by atoms with Gasteiger partial charge in [0.25, 0.3) is 0 Å². The van der Waals surface area contributed by atoms with Crippen molar-refractivity contribution in [3.63, 3.8) is 0 Å². The Morgan fingerprint density at radius 1 is 1.19 bits per heavy atom. The summed E-state index contributed by atoms with van der Waals surface area (Å²) in [5.41, 5.74) is 2.39. The number of ether oxygens (including phenoxy) is 2. The highest BCUT2D eigenvalue weighted by atomic mass is 16.5. The minimum absolute atomic E-state index is 0.103. The summed E-state index contributed by atoms with van der Waals surface area (Å²) in [5, 5.41) is 0. The molecule has 0 aliphatic heterocycles. The summed E-state index contributed by atoms with van der Waals surface area (Å²) < 4.78 is 10.3. The topological polar surface area (TPSA) is 35.5 Å². The monoisotopic (exact) mass is 222 g/mol. The smallest absolute Gasteiger partial charge is 0.338 e. The summed E-state index contributed by atoms with van der Waals surface area (Å²) in [6.07, 6.45) is -0.103. The number of methoxy groups -OCH3 is 1. The maximum Gasteiger partial charge on any atom is 0.338 e. The van der Waals surface area contributed by atoms with Crippen molar-refractivity contribution in [1.82, 2.24) is 0 Å². The largest absolute Gasteiger partial charge is 0.497 e. The second-order valence-corrected chi connectivity index (χ2v) is 4.09. The van der Waals surface area contributed by atoms with Crippen molar-refractivity contribution in [2.24, 2.45) is 0 Å². The Morgan fingerprint density at radius 3 is 2.06 bits per heavy atom. The molecule has 3 nitrogen and oxygen atoms in total. The summed E-state index contributed by atoms with van der Waals surface area (Å²) in [7, 11) is 1.61. The number of aryl methyl sites for hydroxylation is 2. The Hall–Kier alpha value is -1.51. The Kier molecular flexibility index (Phi) is 3.93. The predicted octanol–water partition coefficient (Wildman–Crippen LogP) is 2.88. The summed E-state index contributed by atoms with van der Waals surface area (Å²) in [6.45, 7) is 7.44. The first kappa shape index (κ1) is 12.6. The van der Waals surface area contributed by atoms with Crippen LogP contribution in [0.4, 0.5) is 0 Å². The Balaban J connectivity index is 3.09. The summed E-state index contributed by atoms with van der Waals surface area (Å²) >= 11 is 0. The number of carbonyl (C=O) groups is 1. The minimum Gasteiger partial charge on any atom is -0.497 e. The molecule has 1 aromatic carbocycles. The maximum atomic E-state index is 11.8. The van der Waals surface area contributed by atoms with E-state index in [2.05, 4.69) is 0 Å². The molecule has 0 spiro atoms. The lowest BCUT2D eigenvalue weighted by molar-refractivity contribution is 0.0376. The summed E-state index contributed by atoms with van der Waals surface area (Å²) in [5.74, 6) is 0.490. The van der Waals surface area contributed by atoms with Crippen LogP contribution in [0.3, 0.4) is 0 Å². The molecular formula is C13H18O3. The molecule has 0 heterocycles. The Bertz CT molecular complexity index is 371. The molecule has 0 atom stereocenters. The lowest BCUT2D eigenvalue weighted by Gasteiger charge is -2.13. The standard InChI is InChI=1S/C13H18O3/c1-8(2)16-13(14)12-9(3)6-11(15-5)7-10(12)4/h6-8H,1-5H3. The molecule has 0 bridgehead atoms. The van der Waals surface area contributed by atoms with Crippen molar-refractivity contribution in [3.05, 3.63) is 28.8 Å². The van der Waals surface area contributed by atoms with Crippen LogP contribution >= 0.6 is 0 Å². The molecule has 0 aromatic heterocycles. The minimum atomic E-state index is -0.271. The van der Waals surface area contributed by atoms with Gasteiger partial charge in [-0.15, -0.1) is 0 Å². The van der Waals surface area contributed by atoms with Crippen molar-refractivity contribution >= 4 is 5.97 Å². The lowest BCUT2D eigenvalue weighted by Crippen LogP contribution is -2.14. The van der Waals surface area contributed by atoms with Gasteiger partial charge in [0.15, 0.2) is 0 Å². The van der Waals surface area contributed by atoms with Gasteiger partial charge in [-0.05, 0) is 51.0 Å². The third-order valence-electron chi connectivity index (χ3n) is 2.29. The van der Waals surface area contributed by atoms with Gasteiger partial charge in [-0.1, -0.05) is 0 Å². The Morgan fingerprint density at radius 2 is 1.69 bits per heavy atom. The molecule has 0 fully saturated rings. The van der Waals surface area contributed by atoms with E-state index < -0.39 is 0 Å². The molecule has 0 aliphatic carbocycles. The van der Waals surface area contributed by atoms with E-state index in [1.807, 2.05) is 39.8 Å². The predicted molar refractivity (Wildman–Crippen MR) is 63.0 cm³/mol. The highest BCUT2D eigenvalue weighted by Gasteiger charge is 2.16. The van der Waals surface area contributed by atoms with Crippen LogP contribution in [0, 0.1) is 13.8 Å². The van der Waals surface area contributed by atoms with E-state index in [1.54, 1.807) is 7.11 Å². The van der Waals surface area contributed by atoms with Crippen LogP contribution in [0.25, 0.3) is 0 Å². The maximum absolute atomic E-state index is 11.8. The zero-order valence-corrected chi connectivity index (χ0v) is 10.5. The first-order chi connectivity index (χ1) is 7.45. The van der Waals surface area contributed by atoms with Gasteiger partial charge in [0.2, 0.25) is 0 Å². The molecule has 0 aliphatic rings. The lowest BCUT2D eigenvalue weighted by atomic mass is 10.0. The zero-order valence-electron chi connectivity index (χ0n) is 10.5. The van der Waals surface area contributed by atoms with Gasteiger partial charge in [0.05, 0.1) is 18.8 Å². The molecule has 3 heteroatoms. The van der Waals surface area contributed by atoms with Gasteiger partial charge in [-0.25, -0.2) is 4.79 Å². The molecule has 0 N–H and O–H groups in total. The molecule has 0 amide bonds. The molecule has 1 rings (SSSR count). The summed E-state index contributed by atoms with van der Waals surface area (Å²) in [6, 6.07) is 3.67. The number of hydrogen-bond acceptors (Lipinski definition) is 3. The second-order valence-electron chi connectivity index (χ2n) is 4.09. The van der Waals surface area contributed by atoms with Crippen molar-refractivity contribution < 1.29 is 14.3 Å². The zero-order chi connectivity index (χ0) is 12.3. The molecule has 16 heavy (non-hydrogen) atoms. The van der Waals surface area contributed by atoms with E-state index in [9.17, 15) is 4.79 Å². The van der Waals surface area contributed by atoms with Gasteiger partial charge in [0.1, 0.15) is 5.75 Å². The SMILES string of the molecule is COc1cc(C)c(C(=O)OC(C)C)c(C)c1. The molecule has 1 aromatic rings. The van der Waals surface area contributed by atoms with E-state index in [0.717, 1.165) is 16.9 Å². The van der Waals surface area contributed by atoms with Gasteiger partial charge in [-0.2, -0.15) is 0 Å². The highest BCUT2D eigenvalue weighted by molar-refractivity contribution is 5.93. The third kappa shape index (κ3) is 2.75. The first-order valence-electron chi connectivity index (χ1n) is 5.32. The normalized spacial score (nSPS) is 10.4. The highest BCUT2D eigenvalue weighted by Crippen LogP contribution is 2.22. The van der Waals surface area contributed by atoms with Crippen LogP contribution in [-0.4, -0.2) is 19.2 Å². The van der Waals surface area contributed by atoms with Crippen molar-refractivity contribution in [2.75, 3.05) is 7.11 Å². The van der Waals surface area contributed by atoms with Crippen LogP contribution in [0.5, 0.6) is 5.75 Å². The molecule has 0 unspecified atom stereocenters. The first-order valence-corrected chi connectivity index (χ1v) is 5.32. The number of esters is 1. The van der Waals surface area contributed by atoms with E-state index in [4.69, 9.17) is 9.47 Å². The number of benzene rings is 1. The van der Waals surface area contributed by atoms with Crippen LogP contribution < -0.4 is 4.74 Å². The van der Waals surface area contributed by atoms with Gasteiger partial charge >= 0.3 is 5.97 Å². The number of hydrogen-bond donors (Lipinski definition) is 0.